The number of nitrogens with one attached hydrogen (secondary N) is 1. The first-order valence-corrected chi connectivity index (χ1v) is 8.22. The Morgan fingerprint density at radius 2 is 2.09 bits per heavy atom. The number of rotatable bonds is 6. The molecule has 0 bridgehead atoms. The van der Waals surface area contributed by atoms with Gasteiger partial charge in [0, 0.05) is 11.8 Å². The first-order chi connectivity index (χ1) is 10.5. The summed E-state index contributed by atoms with van der Waals surface area (Å²) in [5, 5.41) is 7.52. The molecule has 0 spiro atoms. The lowest BCUT2D eigenvalue weighted by atomic mass is 10.2. The number of nitrogens with zero attached hydrogens (tertiary/aromatic N) is 2. The number of carbonyl (C=O) groups excluding carboxylic acids is 1. The van der Waals surface area contributed by atoms with E-state index in [1.54, 1.807) is 42.4 Å². The van der Waals surface area contributed by atoms with Crippen molar-refractivity contribution < 1.29 is 9.18 Å². The zero-order valence-electron chi connectivity index (χ0n) is 12.9. The fraction of sp³-hybridized carbons (Fsp3) is 0.375. The number of benzene rings is 1. The molecule has 0 aliphatic rings. The average Bonchev–Trinajstić information content (AvgIpc) is 2.95. The summed E-state index contributed by atoms with van der Waals surface area (Å²) in [4.78, 5) is 11.8. The second-order valence-corrected chi connectivity index (χ2v) is 6.88. The fourth-order valence-electron chi connectivity index (χ4n) is 1.94. The van der Waals surface area contributed by atoms with Crippen molar-refractivity contribution in [2.75, 3.05) is 5.75 Å². The topological polar surface area (TPSA) is 46.9 Å². The molecule has 1 heterocycles. The summed E-state index contributed by atoms with van der Waals surface area (Å²) < 4.78 is 15.2. The molecular weight excluding hydrogens is 301 g/mol. The monoisotopic (exact) mass is 321 g/mol. The lowest BCUT2D eigenvalue weighted by Crippen LogP contribution is -2.28. The van der Waals surface area contributed by atoms with Crippen LogP contribution in [-0.2, 0) is 4.79 Å². The number of carbonyl (C=O) groups is 1. The van der Waals surface area contributed by atoms with Crippen LogP contribution in [0.2, 0.25) is 0 Å². The maximum Gasteiger partial charge on any atom is 0.230 e. The van der Waals surface area contributed by atoms with Gasteiger partial charge in [-0.2, -0.15) is 5.10 Å². The minimum Gasteiger partial charge on any atom is -0.349 e. The van der Waals surface area contributed by atoms with Crippen molar-refractivity contribution in [3.63, 3.8) is 0 Å². The molecule has 118 valence electrons. The van der Waals surface area contributed by atoms with E-state index >= 15 is 0 Å². The van der Waals surface area contributed by atoms with Gasteiger partial charge in [0.2, 0.25) is 5.91 Å². The Balaban J connectivity index is 2.02. The highest BCUT2D eigenvalue weighted by atomic mass is 32.2. The van der Waals surface area contributed by atoms with Crippen LogP contribution in [0, 0.1) is 5.82 Å². The van der Waals surface area contributed by atoms with Gasteiger partial charge in [0.15, 0.2) is 0 Å². The quantitative estimate of drug-likeness (QED) is 0.888. The molecule has 0 saturated heterocycles. The van der Waals surface area contributed by atoms with Gasteiger partial charge >= 0.3 is 0 Å². The van der Waals surface area contributed by atoms with Crippen LogP contribution in [0.5, 0.6) is 0 Å². The summed E-state index contributed by atoms with van der Waals surface area (Å²) in [6.07, 6.45) is 3.38. The molecule has 2 rings (SSSR count). The summed E-state index contributed by atoms with van der Waals surface area (Å²) in [5.41, 5.74) is 1.23. The molecule has 0 aliphatic heterocycles. The summed E-state index contributed by atoms with van der Waals surface area (Å²) in [6.45, 7) is 6.00. The fourth-order valence-corrected chi connectivity index (χ4v) is 2.51. The molecule has 1 atom stereocenters. The van der Waals surface area contributed by atoms with Crippen molar-refractivity contribution in [2.24, 2.45) is 0 Å². The Hall–Kier alpha value is -1.82. The Morgan fingerprint density at radius 1 is 1.36 bits per heavy atom. The van der Waals surface area contributed by atoms with Crippen LogP contribution in [0.3, 0.4) is 0 Å². The van der Waals surface area contributed by atoms with Gasteiger partial charge in [-0.05, 0) is 24.3 Å². The smallest absolute Gasteiger partial charge is 0.230 e. The van der Waals surface area contributed by atoms with Crippen molar-refractivity contribution in [1.82, 2.24) is 15.1 Å². The first-order valence-electron chi connectivity index (χ1n) is 7.18. The summed E-state index contributed by atoms with van der Waals surface area (Å²) >= 11 is 1.60. The third-order valence-electron chi connectivity index (χ3n) is 3.13. The van der Waals surface area contributed by atoms with Crippen molar-refractivity contribution in [2.45, 2.75) is 32.1 Å². The second kappa shape index (κ2) is 7.45. The van der Waals surface area contributed by atoms with Crippen LogP contribution >= 0.6 is 11.8 Å². The van der Waals surface area contributed by atoms with E-state index in [4.69, 9.17) is 0 Å². The van der Waals surface area contributed by atoms with Gasteiger partial charge in [0.25, 0.3) is 0 Å². The van der Waals surface area contributed by atoms with E-state index in [2.05, 4.69) is 24.3 Å². The molecule has 1 N–H and O–H groups in total. The first kappa shape index (κ1) is 16.5. The third kappa shape index (κ3) is 4.34. The van der Waals surface area contributed by atoms with Gasteiger partial charge in [-0.3, -0.25) is 4.79 Å². The molecule has 2 aromatic rings. The highest BCUT2D eigenvalue weighted by Crippen LogP contribution is 2.17. The number of hydrogen-bond donors (Lipinski definition) is 1. The minimum atomic E-state index is -0.331. The number of thioether (sulfide) groups is 1. The number of halogens is 1. The number of amides is 1. The van der Waals surface area contributed by atoms with Crippen LogP contribution < -0.4 is 5.32 Å². The summed E-state index contributed by atoms with van der Waals surface area (Å²) in [7, 11) is 0. The number of hydrogen-bond acceptors (Lipinski definition) is 3. The highest BCUT2D eigenvalue weighted by molar-refractivity contribution is 8.00. The van der Waals surface area contributed by atoms with E-state index in [9.17, 15) is 9.18 Å². The van der Waals surface area contributed by atoms with Gasteiger partial charge in [0.05, 0.1) is 18.0 Å². The number of para-hydroxylation sites is 1. The maximum atomic E-state index is 13.7. The Morgan fingerprint density at radius 3 is 2.77 bits per heavy atom. The highest BCUT2D eigenvalue weighted by Gasteiger charge is 2.13. The zero-order valence-corrected chi connectivity index (χ0v) is 13.7. The van der Waals surface area contributed by atoms with Gasteiger partial charge < -0.3 is 5.32 Å². The van der Waals surface area contributed by atoms with Crippen LogP contribution in [0.15, 0.2) is 36.7 Å². The molecule has 6 heteroatoms. The summed E-state index contributed by atoms with van der Waals surface area (Å²) in [5.74, 6) is 0.0933. The van der Waals surface area contributed by atoms with Crippen molar-refractivity contribution in [1.29, 1.82) is 0 Å². The predicted molar refractivity (Wildman–Crippen MR) is 87.7 cm³/mol. The van der Waals surface area contributed by atoms with Crippen LogP contribution in [0.4, 0.5) is 4.39 Å². The van der Waals surface area contributed by atoms with Crippen molar-refractivity contribution >= 4 is 17.7 Å². The lowest BCUT2D eigenvalue weighted by Gasteiger charge is -2.12. The average molecular weight is 321 g/mol. The van der Waals surface area contributed by atoms with Crippen LogP contribution in [-0.4, -0.2) is 26.7 Å². The van der Waals surface area contributed by atoms with Crippen molar-refractivity contribution in [3.05, 3.63) is 48.0 Å². The van der Waals surface area contributed by atoms with E-state index < -0.39 is 0 Å². The molecule has 1 amide bonds. The van der Waals surface area contributed by atoms with Crippen molar-refractivity contribution in [3.8, 4) is 5.69 Å². The predicted octanol–water partition coefficient (Wildman–Crippen LogP) is 3.33. The Bertz CT molecular complexity index is 642. The molecule has 1 aromatic carbocycles. The van der Waals surface area contributed by atoms with Gasteiger partial charge in [-0.1, -0.05) is 26.0 Å². The number of aromatic nitrogens is 2. The molecule has 4 nitrogen and oxygen atoms in total. The molecule has 1 aromatic heterocycles. The molecule has 22 heavy (non-hydrogen) atoms. The molecule has 0 aliphatic carbocycles. The molecular formula is C16H20FN3OS. The standard InChI is InChI=1S/C16H20FN3OS/c1-11(2)22-10-16(21)19-12(3)13-8-18-20(9-13)15-7-5-4-6-14(15)17/h4-9,11-12H,10H2,1-3H3,(H,19,21). The van der Waals surface area contributed by atoms with E-state index in [-0.39, 0.29) is 17.8 Å². The second-order valence-electron chi connectivity index (χ2n) is 5.32. The van der Waals surface area contributed by atoms with E-state index in [1.807, 2.05) is 6.92 Å². The lowest BCUT2D eigenvalue weighted by molar-refractivity contribution is -0.119. The third-order valence-corrected chi connectivity index (χ3v) is 4.22. The normalized spacial score (nSPS) is 12.4. The Labute approximate surface area is 134 Å². The van der Waals surface area contributed by atoms with Crippen LogP contribution in [0.25, 0.3) is 5.69 Å². The van der Waals surface area contributed by atoms with Crippen LogP contribution in [0.1, 0.15) is 32.4 Å². The SMILES string of the molecule is CC(C)SCC(=O)NC(C)c1cnn(-c2ccccc2F)c1. The van der Waals surface area contributed by atoms with Gasteiger partial charge in [-0.15, -0.1) is 11.8 Å². The molecule has 0 saturated carbocycles. The minimum absolute atomic E-state index is 0.00941. The summed E-state index contributed by atoms with van der Waals surface area (Å²) in [6, 6.07) is 6.28. The molecule has 0 fully saturated rings. The van der Waals surface area contributed by atoms with E-state index in [1.165, 1.54) is 10.7 Å². The zero-order chi connectivity index (χ0) is 16.1. The van der Waals surface area contributed by atoms with Gasteiger partial charge in [-0.25, -0.2) is 9.07 Å². The van der Waals surface area contributed by atoms with E-state index in [0.717, 1.165) is 5.56 Å². The Kier molecular flexibility index (Phi) is 5.60. The molecule has 0 radical (unpaired) electrons. The molecule has 1 unspecified atom stereocenters. The van der Waals surface area contributed by atoms with E-state index in [0.29, 0.717) is 16.7 Å². The van der Waals surface area contributed by atoms with Gasteiger partial charge in [0.1, 0.15) is 11.5 Å². The maximum absolute atomic E-state index is 13.7. The largest absolute Gasteiger partial charge is 0.349 e.